The molecule has 6 nitrogen and oxygen atoms in total. The van der Waals surface area contributed by atoms with E-state index in [0.717, 1.165) is 25.0 Å². The third-order valence-corrected chi connectivity index (χ3v) is 6.12. The van der Waals surface area contributed by atoms with Crippen molar-refractivity contribution in [2.75, 3.05) is 12.4 Å². The number of urea groups is 1. The number of amides is 3. The smallest absolute Gasteiger partial charge is 0.321 e. The van der Waals surface area contributed by atoms with Crippen molar-refractivity contribution < 1.29 is 14.0 Å². The van der Waals surface area contributed by atoms with Crippen LogP contribution in [0.5, 0.6) is 0 Å². The van der Waals surface area contributed by atoms with Crippen molar-refractivity contribution >= 4 is 28.4 Å². The molecule has 0 radical (unpaired) electrons. The lowest BCUT2D eigenvalue weighted by Crippen LogP contribution is -2.37. The summed E-state index contributed by atoms with van der Waals surface area (Å²) in [6.45, 7) is 2.80. The van der Waals surface area contributed by atoms with E-state index >= 15 is 0 Å². The fraction of sp³-hybridized carbons (Fsp3) is 0.476. The number of halogens is 1. The highest BCUT2D eigenvalue weighted by molar-refractivity contribution is 7.13. The normalized spacial score (nSPS) is 18.9. The van der Waals surface area contributed by atoms with Gasteiger partial charge in [0, 0.05) is 24.9 Å². The molecule has 2 N–H and O–H groups in total. The van der Waals surface area contributed by atoms with E-state index in [1.54, 1.807) is 17.0 Å². The van der Waals surface area contributed by atoms with E-state index in [4.69, 9.17) is 0 Å². The first-order chi connectivity index (χ1) is 13.9. The standard InChI is InChI=1S/C21H27FN4O2S/c1-14-6-3-4-9-18(14)19(27)26(2)12-17-13-29-21(24-17)25-20(28)23-11-15-7-5-8-16(22)10-15/h5,7-8,10,13-14,18H,3-4,6,9,11-12H2,1-2H3,(H2,23,24,25,28). The molecule has 8 heteroatoms. The van der Waals surface area contributed by atoms with Crippen molar-refractivity contribution in [3.05, 3.63) is 46.7 Å². The van der Waals surface area contributed by atoms with Gasteiger partial charge in [0.05, 0.1) is 12.2 Å². The zero-order chi connectivity index (χ0) is 20.8. The molecular formula is C21H27FN4O2S. The predicted octanol–water partition coefficient (Wildman–Crippen LogP) is 4.39. The minimum absolute atomic E-state index is 0.0959. The van der Waals surface area contributed by atoms with E-state index in [2.05, 4.69) is 22.5 Å². The molecule has 1 saturated carbocycles. The molecule has 2 unspecified atom stereocenters. The molecule has 29 heavy (non-hydrogen) atoms. The topological polar surface area (TPSA) is 74.3 Å². The number of hydrogen-bond donors (Lipinski definition) is 2. The number of thiazole rings is 1. The van der Waals surface area contributed by atoms with Crippen LogP contribution in [0, 0.1) is 17.7 Å². The van der Waals surface area contributed by atoms with E-state index in [1.165, 1.54) is 29.9 Å². The summed E-state index contributed by atoms with van der Waals surface area (Å²) in [4.78, 5) is 30.9. The van der Waals surface area contributed by atoms with Gasteiger partial charge in [-0.05, 0) is 36.5 Å². The Morgan fingerprint density at radius 3 is 2.86 bits per heavy atom. The van der Waals surface area contributed by atoms with Gasteiger partial charge in [0.2, 0.25) is 5.91 Å². The fourth-order valence-corrected chi connectivity index (χ4v) is 4.39. The Hall–Kier alpha value is -2.48. The summed E-state index contributed by atoms with van der Waals surface area (Å²) in [5, 5.41) is 7.66. The lowest BCUT2D eigenvalue weighted by Gasteiger charge is -2.31. The van der Waals surface area contributed by atoms with Gasteiger partial charge >= 0.3 is 6.03 Å². The molecule has 1 aromatic carbocycles. The Labute approximate surface area is 174 Å². The molecule has 3 amide bonds. The molecule has 1 fully saturated rings. The first-order valence-electron chi connectivity index (χ1n) is 9.91. The van der Waals surface area contributed by atoms with Crippen LogP contribution in [0.25, 0.3) is 0 Å². The number of hydrogen-bond acceptors (Lipinski definition) is 4. The minimum atomic E-state index is -0.407. The van der Waals surface area contributed by atoms with Crippen molar-refractivity contribution in [1.82, 2.24) is 15.2 Å². The first-order valence-corrected chi connectivity index (χ1v) is 10.8. The van der Waals surface area contributed by atoms with Crippen LogP contribution in [-0.2, 0) is 17.9 Å². The number of carbonyl (C=O) groups is 2. The molecule has 3 rings (SSSR count). The largest absolute Gasteiger partial charge is 0.340 e. The Morgan fingerprint density at radius 1 is 1.31 bits per heavy atom. The van der Waals surface area contributed by atoms with Crippen LogP contribution in [0.2, 0.25) is 0 Å². The highest BCUT2D eigenvalue weighted by Crippen LogP contribution is 2.31. The second-order valence-electron chi connectivity index (χ2n) is 7.64. The summed E-state index contributed by atoms with van der Waals surface area (Å²) in [5.74, 6) is 0.356. The predicted molar refractivity (Wildman–Crippen MR) is 112 cm³/mol. The SMILES string of the molecule is CC1CCCCC1C(=O)N(C)Cc1csc(NC(=O)NCc2cccc(F)c2)n1. The van der Waals surface area contributed by atoms with E-state index in [-0.39, 0.29) is 24.2 Å². The third-order valence-electron chi connectivity index (χ3n) is 5.32. The summed E-state index contributed by atoms with van der Waals surface area (Å²) in [6, 6.07) is 5.67. The number of carbonyl (C=O) groups excluding carboxylic acids is 2. The molecule has 1 aliphatic rings. The number of nitrogens with zero attached hydrogens (tertiary/aromatic N) is 2. The van der Waals surface area contributed by atoms with Crippen LogP contribution in [0.3, 0.4) is 0 Å². The Kier molecular flexibility index (Phi) is 7.19. The quantitative estimate of drug-likeness (QED) is 0.731. The summed E-state index contributed by atoms with van der Waals surface area (Å²) in [6.07, 6.45) is 4.39. The maximum atomic E-state index is 13.2. The van der Waals surface area contributed by atoms with Gasteiger partial charge in [0.1, 0.15) is 5.82 Å². The molecule has 1 heterocycles. The molecule has 0 bridgehead atoms. The van der Waals surface area contributed by atoms with Crippen LogP contribution < -0.4 is 10.6 Å². The third kappa shape index (κ3) is 6.00. The van der Waals surface area contributed by atoms with E-state index in [1.807, 2.05) is 12.4 Å². The summed E-state index contributed by atoms with van der Waals surface area (Å²) in [7, 11) is 1.81. The van der Waals surface area contributed by atoms with E-state index in [9.17, 15) is 14.0 Å². The molecule has 0 aliphatic heterocycles. The van der Waals surface area contributed by atoms with Gasteiger partial charge in [0.25, 0.3) is 0 Å². The van der Waals surface area contributed by atoms with E-state index in [0.29, 0.717) is 23.2 Å². The molecule has 0 saturated heterocycles. The van der Waals surface area contributed by atoms with Gasteiger partial charge in [-0.2, -0.15) is 0 Å². The Morgan fingerprint density at radius 2 is 2.10 bits per heavy atom. The van der Waals surface area contributed by atoms with Gasteiger partial charge in [-0.3, -0.25) is 10.1 Å². The molecule has 1 aliphatic carbocycles. The van der Waals surface area contributed by atoms with Crippen LogP contribution in [0.4, 0.5) is 14.3 Å². The van der Waals surface area contributed by atoms with Crippen LogP contribution >= 0.6 is 11.3 Å². The molecular weight excluding hydrogens is 391 g/mol. The maximum Gasteiger partial charge on any atom is 0.321 e. The molecule has 1 aromatic heterocycles. The average Bonchev–Trinajstić information content (AvgIpc) is 3.13. The summed E-state index contributed by atoms with van der Waals surface area (Å²) >= 11 is 1.31. The highest BCUT2D eigenvalue weighted by atomic mass is 32.1. The van der Waals surface area contributed by atoms with Crippen molar-refractivity contribution in [3.8, 4) is 0 Å². The first kappa shape index (κ1) is 21.2. The number of aromatic nitrogens is 1. The van der Waals surface area contributed by atoms with Crippen molar-refractivity contribution in [2.24, 2.45) is 11.8 Å². The van der Waals surface area contributed by atoms with Crippen LogP contribution in [-0.4, -0.2) is 28.9 Å². The second kappa shape index (κ2) is 9.82. The molecule has 156 valence electrons. The van der Waals surface area contributed by atoms with Crippen molar-refractivity contribution in [2.45, 2.75) is 45.7 Å². The number of anilines is 1. The van der Waals surface area contributed by atoms with Gasteiger partial charge in [-0.15, -0.1) is 11.3 Å². The average molecular weight is 419 g/mol. The van der Waals surface area contributed by atoms with Gasteiger partial charge in [-0.1, -0.05) is 31.9 Å². The van der Waals surface area contributed by atoms with Gasteiger partial charge in [0.15, 0.2) is 5.13 Å². The van der Waals surface area contributed by atoms with Gasteiger partial charge < -0.3 is 10.2 Å². The molecule has 2 aromatic rings. The van der Waals surface area contributed by atoms with Crippen molar-refractivity contribution in [1.29, 1.82) is 0 Å². The lowest BCUT2D eigenvalue weighted by molar-refractivity contribution is -0.137. The number of nitrogens with one attached hydrogen (secondary N) is 2. The van der Waals surface area contributed by atoms with Crippen molar-refractivity contribution in [3.63, 3.8) is 0 Å². The van der Waals surface area contributed by atoms with Gasteiger partial charge in [-0.25, -0.2) is 14.2 Å². The minimum Gasteiger partial charge on any atom is -0.340 e. The molecule has 2 atom stereocenters. The Bertz CT molecular complexity index is 857. The monoisotopic (exact) mass is 418 g/mol. The number of rotatable bonds is 6. The summed E-state index contributed by atoms with van der Waals surface area (Å²) in [5.41, 5.74) is 1.42. The highest BCUT2D eigenvalue weighted by Gasteiger charge is 2.30. The zero-order valence-corrected chi connectivity index (χ0v) is 17.6. The maximum absolute atomic E-state index is 13.2. The molecule has 0 spiro atoms. The van der Waals surface area contributed by atoms with Crippen LogP contribution in [0.15, 0.2) is 29.6 Å². The Balaban J connectivity index is 1.48. The lowest BCUT2D eigenvalue weighted by atomic mass is 9.79. The van der Waals surface area contributed by atoms with Crippen LogP contribution in [0.1, 0.15) is 43.9 Å². The fourth-order valence-electron chi connectivity index (χ4n) is 3.69. The second-order valence-corrected chi connectivity index (χ2v) is 8.50. The van der Waals surface area contributed by atoms with E-state index < -0.39 is 6.03 Å². The number of benzene rings is 1. The zero-order valence-electron chi connectivity index (χ0n) is 16.8. The summed E-state index contributed by atoms with van der Waals surface area (Å²) < 4.78 is 13.2.